The monoisotopic (exact) mass is 385 g/mol. The maximum Gasteiger partial charge on any atom is 0.273 e. The van der Waals surface area contributed by atoms with Gasteiger partial charge in [-0.15, -0.1) is 0 Å². The second-order valence-electron chi connectivity index (χ2n) is 7.86. The minimum atomic E-state index is -0.155. The van der Waals surface area contributed by atoms with Crippen molar-refractivity contribution < 1.29 is 18.8 Å². The highest BCUT2D eigenvalue weighted by molar-refractivity contribution is 5.92. The van der Waals surface area contributed by atoms with Crippen molar-refractivity contribution >= 4 is 5.91 Å². The Morgan fingerprint density at radius 1 is 1.18 bits per heavy atom. The summed E-state index contributed by atoms with van der Waals surface area (Å²) in [6.07, 6.45) is 2.25. The van der Waals surface area contributed by atoms with Gasteiger partial charge in [0.15, 0.2) is 5.69 Å². The van der Waals surface area contributed by atoms with Crippen LogP contribution in [0.2, 0.25) is 0 Å². The molecule has 150 valence electrons. The lowest BCUT2D eigenvalue weighted by atomic mass is 10.1. The second kappa shape index (κ2) is 7.83. The van der Waals surface area contributed by atoms with Gasteiger partial charge in [-0.1, -0.05) is 12.1 Å². The van der Waals surface area contributed by atoms with Crippen molar-refractivity contribution in [3.63, 3.8) is 0 Å². The SMILES string of the molecule is COc1cc(CN2C[C@@H](C)[C@@H](NC(=O)c3cc(C4CC4)on3)C2)cc(OC)c1. The lowest BCUT2D eigenvalue weighted by Gasteiger charge is -2.17. The molecule has 1 aromatic heterocycles. The summed E-state index contributed by atoms with van der Waals surface area (Å²) < 4.78 is 16.0. The van der Waals surface area contributed by atoms with Gasteiger partial charge in [0.25, 0.3) is 5.91 Å². The third-order valence-electron chi connectivity index (χ3n) is 5.56. The topological polar surface area (TPSA) is 76.8 Å². The van der Waals surface area contributed by atoms with E-state index in [4.69, 9.17) is 14.0 Å². The fourth-order valence-corrected chi connectivity index (χ4v) is 3.80. The minimum Gasteiger partial charge on any atom is -0.497 e. The van der Waals surface area contributed by atoms with E-state index in [1.165, 1.54) is 0 Å². The Kier molecular flexibility index (Phi) is 5.26. The molecule has 7 heteroatoms. The summed E-state index contributed by atoms with van der Waals surface area (Å²) in [5.74, 6) is 3.05. The predicted octanol–water partition coefficient (Wildman–Crippen LogP) is 2.82. The van der Waals surface area contributed by atoms with Crippen LogP contribution in [-0.2, 0) is 6.54 Å². The average molecular weight is 385 g/mol. The fraction of sp³-hybridized carbons (Fsp3) is 0.524. The highest BCUT2D eigenvalue weighted by Crippen LogP contribution is 2.40. The summed E-state index contributed by atoms with van der Waals surface area (Å²) in [5, 5.41) is 7.07. The van der Waals surface area contributed by atoms with Crippen molar-refractivity contribution in [3.8, 4) is 11.5 Å². The van der Waals surface area contributed by atoms with E-state index in [-0.39, 0.29) is 11.9 Å². The quantitative estimate of drug-likeness (QED) is 0.790. The third-order valence-corrected chi connectivity index (χ3v) is 5.56. The molecule has 1 amide bonds. The van der Waals surface area contributed by atoms with Crippen LogP contribution in [0.5, 0.6) is 11.5 Å². The van der Waals surface area contributed by atoms with Crippen molar-refractivity contribution in [1.29, 1.82) is 0 Å². The molecular weight excluding hydrogens is 358 g/mol. The predicted molar refractivity (Wildman–Crippen MR) is 104 cm³/mol. The molecule has 2 heterocycles. The molecule has 1 saturated heterocycles. The van der Waals surface area contributed by atoms with Crippen LogP contribution in [0.15, 0.2) is 28.8 Å². The molecule has 2 atom stereocenters. The minimum absolute atomic E-state index is 0.0843. The molecule has 28 heavy (non-hydrogen) atoms. The van der Waals surface area contributed by atoms with E-state index in [0.717, 1.165) is 55.3 Å². The molecule has 0 bridgehead atoms. The van der Waals surface area contributed by atoms with Crippen LogP contribution in [-0.4, -0.2) is 49.3 Å². The Labute approximate surface area is 165 Å². The molecule has 1 aliphatic heterocycles. The van der Waals surface area contributed by atoms with E-state index in [0.29, 0.717) is 17.5 Å². The van der Waals surface area contributed by atoms with Crippen molar-refractivity contribution in [3.05, 3.63) is 41.3 Å². The standard InChI is InChI=1S/C21H27N3O4/c1-13-10-24(11-14-6-16(26-2)8-17(7-14)27-3)12-19(13)22-21(25)18-9-20(28-23-18)15-4-5-15/h6-9,13,15,19H,4-5,10-12H2,1-3H3,(H,22,25)/t13-,19+/m1/s1. The first kappa shape index (κ1) is 18.8. The molecule has 1 aliphatic carbocycles. The van der Waals surface area contributed by atoms with Gasteiger partial charge in [0.2, 0.25) is 0 Å². The molecule has 2 aliphatic rings. The Balaban J connectivity index is 1.36. The zero-order valence-electron chi connectivity index (χ0n) is 16.6. The number of nitrogens with zero attached hydrogens (tertiary/aromatic N) is 2. The van der Waals surface area contributed by atoms with Crippen LogP contribution < -0.4 is 14.8 Å². The number of likely N-dealkylation sites (tertiary alicyclic amines) is 1. The number of nitrogens with one attached hydrogen (secondary N) is 1. The number of hydrogen-bond acceptors (Lipinski definition) is 6. The number of carbonyl (C=O) groups is 1. The molecule has 4 rings (SSSR count). The van der Waals surface area contributed by atoms with Gasteiger partial charge >= 0.3 is 0 Å². The van der Waals surface area contributed by atoms with E-state index < -0.39 is 0 Å². The van der Waals surface area contributed by atoms with Gasteiger partial charge in [0, 0.05) is 43.7 Å². The number of hydrogen-bond donors (Lipinski definition) is 1. The van der Waals surface area contributed by atoms with Gasteiger partial charge in [0.05, 0.1) is 14.2 Å². The van der Waals surface area contributed by atoms with E-state index in [2.05, 4.69) is 22.3 Å². The van der Waals surface area contributed by atoms with Crippen LogP contribution in [0.4, 0.5) is 0 Å². The Morgan fingerprint density at radius 3 is 2.54 bits per heavy atom. The summed E-state index contributed by atoms with van der Waals surface area (Å²) in [7, 11) is 3.31. The average Bonchev–Trinajstić information content (AvgIpc) is 3.32. The van der Waals surface area contributed by atoms with Gasteiger partial charge < -0.3 is 19.3 Å². The lowest BCUT2D eigenvalue weighted by molar-refractivity contribution is 0.0922. The van der Waals surface area contributed by atoms with E-state index >= 15 is 0 Å². The molecule has 0 spiro atoms. The summed E-state index contributed by atoms with van der Waals surface area (Å²) in [6.45, 7) is 4.64. The maximum absolute atomic E-state index is 12.5. The number of benzene rings is 1. The largest absolute Gasteiger partial charge is 0.497 e. The third kappa shape index (κ3) is 4.14. The smallest absolute Gasteiger partial charge is 0.273 e. The number of amides is 1. The van der Waals surface area contributed by atoms with Crippen molar-refractivity contribution in [2.75, 3.05) is 27.3 Å². The second-order valence-corrected chi connectivity index (χ2v) is 7.86. The zero-order chi connectivity index (χ0) is 19.7. The van der Waals surface area contributed by atoms with E-state index in [9.17, 15) is 4.79 Å². The van der Waals surface area contributed by atoms with Crippen LogP contribution in [0, 0.1) is 5.92 Å². The molecule has 1 saturated carbocycles. The summed E-state index contributed by atoms with van der Waals surface area (Å²) in [6, 6.07) is 7.78. The Morgan fingerprint density at radius 2 is 1.89 bits per heavy atom. The number of rotatable bonds is 7. The van der Waals surface area contributed by atoms with Crippen LogP contribution in [0.1, 0.15) is 47.5 Å². The Bertz CT molecular complexity index is 824. The number of ether oxygens (including phenoxy) is 2. The van der Waals surface area contributed by atoms with Crippen LogP contribution >= 0.6 is 0 Å². The van der Waals surface area contributed by atoms with Crippen molar-refractivity contribution in [1.82, 2.24) is 15.4 Å². The van der Waals surface area contributed by atoms with Crippen LogP contribution in [0.3, 0.4) is 0 Å². The molecule has 1 N–H and O–H groups in total. The van der Waals surface area contributed by atoms with Gasteiger partial charge in [-0.25, -0.2) is 0 Å². The van der Waals surface area contributed by atoms with E-state index in [1.807, 2.05) is 18.2 Å². The highest BCUT2D eigenvalue weighted by Gasteiger charge is 2.33. The van der Waals surface area contributed by atoms with Gasteiger partial charge in [-0.05, 0) is 36.5 Å². The Hall–Kier alpha value is -2.54. The number of methoxy groups -OCH3 is 2. The van der Waals surface area contributed by atoms with Gasteiger partial charge in [0.1, 0.15) is 17.3 Å². The maximum atomic E-state index is 12.5. The first-order chi connectivity index (χ1) is 13.6. The zero-order valence-corrected chi connectivity index (χ0v) is 16.6. The molecule has 0 unspecified atom stereocenters. The van der Waals surface area contributed by atoms with Gasteiger partial charge in [-0.3, -0.25) is 9.69 Å². The molecule has 1 aromatic carbocycles. The van der Waals surface area contributed by atoms with E-state index in [1.54, 1.807) is 20.3 Å². The summed E-state index contributed by atoms with van der Waals surface area (Å²) >= 11 is 0. The summed E-state index contributed by atoms with van der Waals surface area (Å²) in [4.78, 5) is 14.9. The first-order valence-electron chi connectivity index (χ1n) is 9.77. The van der Waals surface area contributed by atoms with Crippen molar-refractivity contribution in [2.24, 2.45) is 5.92 Å². The highest BCUT2D eigenvalue weighted by atomic mass is 16.5. The fourth-order valence-electron chi connectivity index (χ4n) is 3.80. The van der Waals surface area contributed by atoms with Gasteiger partial charge in [-0.2, -0.15) is 0 Å². The molecule has 2 fully saturated rings. The number of carbonyl (C=O) groups excluding carboxylic acids is 1. The molecule has 0 radical (unpaired) electrons. The van der Waals surface area contributed by atoms with Crippen LogP contribution in [0.25, 0.3) is 0 Å². The summed E-state index contributed by atoms with van der Waals surface area (Å²) in [5.41, 5.74) is 1.51. The lowest BCUT2D eigenvalue weighted by Crippen LogP contribution is -2.39. The number of aromatic nitrogens is 1. The normalized spacial score (nSPS) is 22.2. The van der Waals surface area contributed by atoms with Crippen molar-refractivity contribution in [2.45, 2.75) is 38.3 Å². The first-order valence-corrected chi connectivity index (χ1v) is 9.77. The molecule has 7 nitrogen and oxygen atoms in total. The molecule has 2 aromatic rings. The molecular formula is C21H27N3O4.